The molecule has 2 aliphatic rings. The summed E-state index contributed by atoms with van der Waals surface area (Å²) in [5.74, 6) is 0. The van der Waals surface area contributed by atoms with Crippen LogP contribution in [0.1, 0.15) is 20.4 Å². The second-order valence-corrected chi connectivity index (χ2v) is 10.4. The molecule has 2 fully saturated rings. The highest BCUT2D eigenvalue weighted by Crippen LogP contribution is 2.25. The molecule has 2 unspecified atom stereocenters. The van der Waals surface area contributed by atoms with E-state index >= 15 is 0 Å². The second-order valence-electron chi connectivity index (χ2n) is 8.09. The number of ether oxygens (including phenoxy) is 1. The molecule has 3 heterocycles. The highest BCUT2D eigenvalue weighted by Gasteiger charge is 2.36. The molecule has 1 aromatic carbocycles. The largest absolute Gasteiger partial charge is 0.373 e. The van der Waals surface area contributed by atoms with Gasteiger partial charge in [-0.25, -0.2) is 0 Å². The fourth-order valence-corrected chi connectivity index (χ4v) is 6.42. The van der Waals surface area contributed by atoms with E-state index < -0.39 is 16.8 Å². The van der Waals surface area contributed by atoms with Crippen LogP contribution in [-0.4, -0.2) is 82.5 Å². The number of morpholine rings is 1. The van der Waals surface area contributed by atoms with Crippen molar-refractivity contribution in [2.45, 2.75) is 39.3 Å². The summed E-state index contributed by atoms with van der Waals surface area (Å²) < 4.78 is 64.5. The molecule has 0 spiro atoms. The molecular weight excluding hydrogens is 448 g/mol. The molecule has 0 N–H and O–H groups in total. The SMILES string of the molecule is CC1CN(S(=O)(=O)N2CCN(Cn3c(=S)n(C(F)F)c4ccccc43)CC2)CC(C)O1. The van der Waals surface area contributed by atoms with Crippen LogP contribution in [0.4, 0.5) is 8.78 Å². The highest BCUT2D eigenvalue weighted by molar-refractivity contribution is 7.86. The smallest absolute Gasteiger partial charge is 0.321 e. The van der Waals surface area contributed by atoms with Crippen LogP contribution in [0.3, 0.4) is 0 Å². The number of rotatable bonds is 5. The third-order valence-corrected chi connectivity index (χ3v) is 8.16. The zero-order valence-corrected chi connectivity index (χ0v) is 19.2. The Balaban J connectivity index is 1.47. The number of nitrogens with zero attached hydrogens (tertiary/aromatic N) is 5. The first kappa shape index (κ1) is 22.7. The molecule has 0 radical (unpaired) electrons. The Morgan fingerprint density at radius 3 is 2.19 bits per heavy atom. The number of imidazole rings is 1. The Morgan fingerprint density at radius 2 is 1.61 bits per heavy atom. The molecular formula is C19H27F2N5O3S2. The first-order chi connectivity index (χ1) is 14.7. The van der Waals surface area contributed by atoms with Crippen molar-refractivity contribution in [3.63, 3.8) is 0 Å². The van der Waals surface area contributed by atoms with E-state index in [0.717, 1.165) is 4.57 Å². The molecule has 0 saturated carbocycles. The average Bonchev–Trinajstić information content (AvgIpc) is 2.99. The number of benzene rings is 1. The predicted molar refractivity (Wildman–Crippen MR) is 116 cm³/mol. The van der Waals surface area contributed by atoms with Crippen molar-refractivity contribution in [3.8, 4) is 0 Å². The zero-order chi connectivity index (χ0) is 22.3. The minimum absolute atomic E-state index is 0.0579. The van der Waals surface area contributed by atoms with Crippen LogP contribution in [0.25, 0.3) is 11.0 Å². The van der Waals surface area contributed by atoms with Gasteiger partial charge in [0.2, 0.25) is 0 Å². The van der Waals surface area contributed by atoms with Gasteiger partial charge in [0.05, 0.1) is 29.9 Å². The van der Waals surface area contributed by atoms with Gasteiger partial charge in [-0.3, -0.25) is 9.47 Å². The number of alkyl halides is 2. The Kier molecular flexibility index (Phi) is 6.48. The lowest BCUT2D eigenvalue weighted by Crippen LogP contribution is -2.57. The van der Waals surface area contributed by atoms with Crippen LogP contribution in [0, 0.1) is 4.77 Å². The number of hydrogen-bond donors (Lipinski definition) is 0. The number of hydrogen-bond acceptors (Lipinski definition) is 5. The number of para-hydroxylation sites is 2. The monoisotopic (exact) mass is 475 g/mol. The molecule has 0 bridgehead atoms. The molecule has 2 aliphatic heterocycles. The van der Waals surface area contributed by atoms with E-state index in [1.165, 1.54) is 8.61 Å². The average molecular weight is 476 g/mol. The van der Waals surface area contributed by atoms with Crippen molar-refractivity contribution >= 4 is 33.5 Å². The van der Waals surface area contributed by atoms with Gasteiger partial charge in [-0.1, -0.05) is 12.1 Å². The normalized spacial score (nSPS) is 24.9. The van der Waals surface area contributed by atoms with Crippen LogP contribution in [-0.2, 0) is 21.6 Å². The maximum absolute atomic E-state index is 13.5. The van der Waals surface area contributed by atoms with E-state index in [-0.39, 0.29) is 17.0 Å². The summed E-state index contributed by atoms with van der Waals surface area (Å²) in [4.78, 5) is 2.04. The Morgan fingerprint density at radius 1 is 1.03 bits per heavy atom. The first-order valence-electron chi connectivity index (χ1n) is 10.3. The van der Waals surface area contributed by atoms with Crippen LogP contribution in [0.5, 0.6) is 0 Å². The van der Waals surface area contributed by atoms with E-state index in [9.17, 15) is 17.2 Å². The number of halogens is 2. The van der Waals surface area contributed by atoms with Crippen LogP contribution >= 0.6 is 12.2 Å². The molecule has 0 aliphatic carbocycles. The van der Waals surface area contributed by atoms with E-state index in [1.54, 1.807) is 28.8 Å². The quantitative estimate of drug-likeness (QED) is 0.622. The van der Waals surface area contributed by atoms with Gasteiger partial charge < -0.3 is 9.30 Å². The van der Waals surface area contributed by atoms with Crippen LogP contribution < -0.4 is 0 Å². The lowest BCUT2D eigenvalue weighted by Gasteiger charge is -2.40. The summed E-state index contributed by atoms with van der Waals surface area (Å²) in [6, 6.07) is 6.89. The highest BCUT2D eigenvalue weighted by atomic mass is 32.2. The maximum atomic E-state index is 13.5. The van der Waals surface area contributed by atoms with Crippen molar-refractivity contribution < 1.29 is 21.9 Å². The van der Waals surface area contributed by atoms with Gasteiger partial charge in [0.15, 0.2) is 4.77 Å². The summed E-state index contributed by atoms with van der Waals surface area (Å²) in [5.41, 5.74) is 1.03. The predicted octanol–water partition coefficient (Wildman–Crippen LogP) is 2.50. The Bertz CT molecular complexity index is 1090. The van der Waals surface area contributed by atoms with E-state index in [2.05, 4.69) is 0 Å². The second kappa shape index (κ2) is 8.83. The van der Waals surface area contributed by atoms with Crippen molar-refractivity contribution in [1.29, 1.82) is 0 Å². The summed E-state index contributed by atoms with van der Waals surface area (Å²) in [5, 5.41) is 0. The van der Waals surface area contributed by atoms with Crippen molar-refractivity contribution in [2.24, 2.45) is 0 Å². The fourth-order valence-electron chi connectivity index (χ4n) is 4.34. The first-order valence-corrected chi connectivity index (χ1v) is 12.1. The molecule has 2 atom stereocenters. The topological polar surface area (TPSA) is 63.0 Å². The molecule has 2 aromatic rings. The third kappa shape index (κ3) is 4.41. The van der Waals surface area contributed by atoms with Gasteiger partial charge in [0.25, 0.3) is 10.2 Å². The lowest BCUT2D eigenvalue weighted by atomic mass is 10.3. The van der Waals surface area contributed by atoms with Crippen LogP contribution in [0.2, 0.25) is 0 Å². The van der Waals surface area contributed by atoms with Crippen molar-refractivity contribution in [2.75, 3.05) is 39.3 Å². The molecule has 31 heavy (non-hydrogen) atoms. The summed E-state index contributed by atoms with van der Waals surface area (Å²) in [6.45, 7) is 3.69. The van der Waals surface area contributed by atoms with E-state index in [1.807, 2.05) is 18.7 Å². The molecule has 2 saturated heterocycles. The Labute approximate surface area is 185 Å². The molecule has 4 rings (SSSR count). The third-order valence-electron chi connectivity index (χ3n) is 5.78. The molecule has 1 aromatic heterocycles. The standard InChI is InChI=1S/C19H27F2N5O3S2/c1-14-11-24(12-15(2)29-14)31(27,28)23-9-7-22(8-10-23)13-25-16-5-3-4-6-17(16)26(18(20)21)19(25)30/h3-6,14-15,18H,7-13H2,1-2H3. The number of fused-ring (bicyclic) bond motifs is 1. The zero-order valence-electron chi connectivity index (χ0n) is 17.5. The van der Waals surface area contributed by atoms with Gasteiger partial charge in [0.1, 0.15) is 0 Å². The lowest BCUT2D eigenvalue weighted by molar-refractivity contribution is -0.0458. The maximum Gasteiger partial charge on any atom is 0.321 e. The number of piperazine rings is 1. The molecule has 8 nitrogen and oxygen atoms in total. The van der Waals surface area contributed by atoms with Gasteiger partial charge in [-0.05, 0) is 38.2 Å². The summed E-state index contributed by atoms with van der Waals surface area (Å²) in [7, 11) is -3.57. The Hall–Kier alpha value is -1.44. The molecule has 12 heteroatoms. The summed E-state index contributed by atoms with van der Waals surface area (Å²) >= 11 is 5.32. The fraction of sp³-hybridized carbons (Fsp3) is 0.632. The van der Waals surface area contributed by atoms with Gasteiger partial charge >= 0.3 is 6.55 Å². The summed E-state index contributed by atoms with van der Waals surface area (Å²) in [6.07, 6.45) is -0.289. The minimum atomic E-state index is -3.57. The van der Waals surface area contributed by atoms with Gasteiger partial charge in [-0.2, -0.15) is 25.8 Å². The van der Waals surface area contributed by atoms with Gasteiger partial charge in [-0.15, -0.1) is 0 Å². The van der Waals surface area contributed by atoms with E-state index in [0.29, 0.717) is 57.0 Å². The van der Waals surface area contributed by atoms with Crippen molar-refractivity contribution in [1.82, 2.24) is 22.6 Å². The number of aromatic nitrogens is 2. The molecule has 0 amide bonds. The van der Waals surface area contributed by atoms with Crippen LogP contribution in [0.15, 0.2) is 24.3 Å². The van der Waals surface area contributed by atoms with Crippen molar-refractivity contribution in [3.05, 3.63) is 29.0 Å². The molecule has 172 valence electrons. The van der Waals surface area contributed by atoms with Gasteiger partial charge in [0, 0.05) is 39.3 Å². The van der Waals surface area contributed by atoms with E-state index in [4.69, 9.17) is 17.0 Å². The minimum Gasteiger partial charge on any atom is -0.373 e.